The molecular formula is C50H32S. The van der Waals surface area contributed by atoms with E-state index in [0.717, 1.165) is 0 Å². The Morgan fingerprint density at radius 3 is 1.47 bits per heavy atom. The van der Waals surface area contributed by atoms with E-state index in [2.05, 4.69) is 194 Å². The SMILES string of the molecule is c1ccc(-c2ccc(-c3cccc(-c4c5ccccc5c(-c5ccc(-c6ccc7ccccc7c6)c6ccccc56)c5ccccc45)c3)s2)cc1. The molecule has 0 aliphatic rings. The summed E-state index contributed by atoms with van der Waals surface area (Å²) in [5.41, 5.74) is 10.1. The monoisotopic (exact) mass is 664 g/mol. The van der Waals surface area contributed by atoms with Crippen molar-refractivity contribution in [2.75, 3.05) is 0 Å². The normalized spacial score (nSPS) is 11.5. The predicted molar refractivity (Wildman–Crippen MR) is 222 cm³/mol. The summed E-state index contributed by atoms with van der Waals surface area (Å²) in [5.74, 6) is 0. The second-order valence-electron chi connectivity index (χ2n) is 13.2. The zero-order chi connectivity index (χ0) is 33.7. The highest BCUT2D eigenvalue weighted by Crippen LogP contribution is 2.47. The van der Waals surface area contributed by atoms with Crippen molar-refractivity contribution in [3.05, 3.63) is 194 Å². The first-order valence-corrected chi connectivity index (χ1v) is 18.3. The molecule has 0 amide bonds. The summed E-state index contributed by atoms with van der Waals surface area (Å²) < 4.78 is 0. The zero-order valence-electron chi connectivity index (χ0n) is 27.9. The number of fused-ring (bicyclic) bond motifs is 4. The van der Waals surface area contributed by atoms with Gasteiger partial charge in [0.1, 0.15) is 0 Å². The maximum Gasteiger partial charge on any atom is 0.0349 e. The molecule has 0 nitrogen and oxygen atoms in total. The molecule has 0 N–H and O–H groups in total. The summed E-state index contributed by atoms with van der Waals surface area (Å²) >= 11 is 1.85. The topological polar surface area (TPSA) is 0 Å². The lowest BCUT2D eigenvalue weighted by molar-refractivity contribution is 1.65. The third-order valence-electron chi connectivity index (χ3n) is 10.3. The zero-order valence-corrected chi connectivity index (χ0v) is 28.7. The smallest absolute Gasteiger partial charge is 0.0349 e. The van der Waals surface area contributed by atoms with Gasteiger partial charge in [0.15, 0.2) is 0 Å². The molecule has 0 saturated carbocycles. The van der Waals surface area contributed by atoms with Gasteiger partial charge in [-0.1, -0.05) is 170 Å². The quantitative estimate of drug-likeness (QED) is 0.161. The number of hydrogen-bond donors (Lipinski definition) is 0. The van der Waals surface area contributed by atoms with E-state index in [-0.39, 0.29) is 0 Å². The molecule has 1 heterocycles. The van der Waals surface area contributed by atoms with Crippen molar-refractivity contribution >= 4 is 54.4 Å². The van der Waals surface area contributed by atoms with Crippen LogP contribution in [0.4, 0.5) is 0 Å². The molecular weight excluding hydrogens is 633 g/mol. The molecule has 1 heteroatoms. The molecule has 0 spiro atoms. The van der Waals surface area contributed by atoms with Crippen LogP contribution in [0.5, 0.6) is 0 Å². The highest BCUT2D eigenvalue weighted by atomic mass is 32.1. The molecule has 10 aromatic rings. The Kier molecular flexibility index (Phi) is 7.11. The van der Waals surface area contributed by atoms with Gasteiger partial charge in [0.2, 0.25) is 0 Å². The van der Waals surface area contributed by atoms with E-state index in [1.807, 2.05) is 11.3 Å². The first kappa shape index (κ1) is 29.6. The van der Waals surface area contributed by atoms with E-state index in [9.17, 15) is 0 Å². The van der Waals surface area contributed by atoms with E-state index in [1.54, 1.807) is 0 Å². The van der Waals surface area contributed by atoms with Crippen LogP contribution in [0.25, 0.3) is 97.4 Å². The molecule has 0 bridgehead atoms. The second kappa shape index (κ2) is 12.2. The first-order valence-electron chi connectivity index (χ1n) is 17.5. The third kappa shape index (κ3) is 5.05. The molecule has 51 heavy (non-hydrogen) atoms. The van der Waals surface area contributed by atoms with Gasteiger partial charge in [0.25, 0.3) is 0 Å². The fourth-order valence-corrected chi connectivity index (χ4v) is 8.94. The van der Waals surface area contributed by atoms with Crippen molar-refractivity contribution < 1.29 is 0 Å². The molecule has 0 aliphatic carbocycles. The van der Waals surface area contributed by atoms with Crippen LogP contribution in [0.15, 0.2) is 194 Å². The fourth-order valence-electron chi connectivity index (χ4n) is 7.93. The number of rotatable bonds is 5. The number of hydrogen-bond acceptors (Lipinski definition) is 1. The van der Waals surface area contributed by atoms with Gasteiger partial charge in [-0.3, -0.25) is 0 Å². The van der Waals surface area contributed by atoms with E-state index < -0.39 is 0 Å². The maximum absolute atomic E-state index is 2.38. The number of benzene rings is 9. The molecule has 0 radical (unpaired) electrons. The van der Waals surface area contributed by atoms with Crippen molar-refractivity contribution in [3.63, 3.8) is 0 Å². The minimum absolute atomic E-state index is 1.23. The van der Waals surface area contributed by atoms with E-state index in [0.29, 0.717) is 0 Å². The molecule has 10 rings (SSSR count). The van der Waals surface area contributed by atoms with Crippen LogP contribution >= 0.6 is 11.3 Å². The molecule has 0 atom stereocenters. The van der Waals surface area contributed by atoms with Crippen LogP contribution in [-0.2, 0) is 0 Å². The average Bonchev–Trinajstić information content (AvgIpc) is 3.71. The third-order valence-corrected chi connectivity index (χ3v) is 11.5. The lowest BCUT2D eigenvalue weighted by atomic mass is 9.83. The van der Waals surface area contributed by atoms with Gasteiger partial charge >= 0.3 is 0 Å². The Morgan fingerprint density at radius 2 is 0.765 bits per heavy atom. The van der Waals surface area contributed by atoms with E-state index in [1.165, 1.54) is 97.4 Å². The maximum atomic E-state index is 2.38. The summed E-state index contributed by atoms with van der Waals surface area (Å²) in [6, 6.07) is 71.2. The molecule has 9 aromatic carbocycles. The van der Waals surface area contributed by atoms with Crippen molar-refractivity contribution in [2.24, 2.45) is 0 Å². The Bertz CT molecular complexity index is 2850. The lowest BCUT2D eigenvalue weighted by Gasteiger charge is -2.20. The Labute approximate surface area is 301 Å². The van der Waals surface area contributed by atoms with Crippen LogP contribution in [0, 0.1) is 0 Å². The second-order valence-corrected chi connectivity index (χ2v) is 14.3. The highest BCUT2D eigenvalue weighted by molar-refractivity contribution is 7.18. The Balaban J connectivity index is 1.17. The molecule has 0 fully saturated rings. The molecule has 1 aromatic heterocycles. The predicted octanol–water partition coefficient (Wildman–Crippen LogP) is 14.7. The minimum Gasteiger partial charge on any atom is -0.135 e. The van der Waals surface area contributed by atoms with E-state index >= 15 is 0 Å². The van der Waals surface area contributed by atoms with Gasteiger partial charge in [-0.25, -0.2) is 0 Å². The number of thiophene rings is 1. The average molecular weight is 665 g/mol. The van der Waals surface area contributed by atoms with Crippen molar-refractivity contribution in [1.29, 1.82) is 0 Å². The summed E-state index contributed by atoms with van der Waals surface area (Å²) in [5, 5.41) is 10.1. The molecule has 0 unspecified atom stereocenters. The fraction of sp³-hybridized carbons (Fsp3) is 0. The molecule has 238 valence electrons. The minimum atomic E-state index is 1.23. The van der Waals surface area contributed by atoms with Crippen molar-refractivity contribution in [3.8, 4) is 54.3 Å². The standard InChI is InChI=1S/C50H32S/c1-2-14-34(15-3-1)47-29-30-48(51-47)37-17-12-18-38(32-37)49-42-21-8-10-23-44(42)50(45-24-11-9-22-43(45)49)46-28-27-39(40-19-6-7-20-41(40)46)36-26-25-33-13-4-5-16-35(33)31-36/h1-32H. The van der Waals surface area contributed by atoms with E-state index in [4.69, 9.17) is 0 Å². The van der Waals surface area contributed by atoms with Crippen LogP contribution in [0.1, 0.15) is 0 Å². The lowest BCUT2D eigenvalue weighted by Crippen LogP contribution is -1.92. The molecule has 0 saturated heterocycles. The van der Waals surface area contributed by atoms with Gasteiger partial charge in [-0.2, -0.15) is 0 Å². The van der Waals surface area contributed by atoms with Crippen molar-refractivity contribution in [2.45, 2.75) is 0 Å². The van der Waals surface area contributed by atoms with Crippen LogP contribution in [0.3, 0.4) is 0 Å². The van der Waals surface area contributed by atoms with Crippen LogP contribution in [0.2, 0.25) is 0 Å². The highest BCUT2D eigenvalue weighted by Gasteiger charge is 2.19. The van der Waals surface area contributed by atoms with Crippen LogP contribution in [-0.4, -0.2) is 0 Å². The summed E-state index contributed by atoms with van der Waals surface area (Å²) in [6.45, 7) is 0. The van der Waals surface area contributed by atoms with Crippen molar-refractivity contribution in [1.82, 2.24) is 0 Å². The van der Waals surface area contributed by atoms with Gasteiger partial charge < -0.3 is 0 Å². The van der Waals surface area contributed by atoms with Gasteiger partial charge in [-0.15, -0.1) is 11.3 Å². The summed E-state index contributed by atoms with van der Waals surface area (Å²) in [7, 11) is 0. The van der Waals surface area contributed by atoms with Crippen LogP contribution < -0.4 is 0 Å². The summed E-state index contributed by atoms with van der Waals surface area (Å²) in [4.78, 5) is 2.56. The van der Waals surface area contributed by atoms with Gasteiger partial charge in [0, 0.05) is 9.75 Å². The molecule has 0 aliphatic heterocycles. The van der Waals surface area contributed by atoms with Gasteiger partial charge in [0.05, 0.1) is 0 Å². The Hall–Kier alpha value is -6.28. The summed E-state index contributed by atoms with van der Waals surface area (Å²) in [6.07, 6.45) is 0. The largest absolute Gasteiger partial charge is 0.135 e. The Morgan fingerprint density at radius 1 is 0.255 bits per heavy atom. The van der Waals surface area contributed by atoms with Gasteiger partial charge in [-0.05, 0) is 112 Å². The first-order chi connectivity index (χ1) is 25.3.